The highest BCUT2D eigenvalue weighted by Gasteiger charge is 2.51. The minimum absolute atomic E-state index is 0.0942. The third-order valence-electron chi connectivity index (χ3n) is 11.6. The van der Waals surface area contributed by atoms with E-state index in [1.807, 2.05) is 0 Å². The van der Waals surface area contributed by atoms with Gasteiger partial charge in [-0.15, -0.1) is 0 Å². The minimum atomic E-state index is -5.04. The molecule has 66 heavy (non-hydrogen) atoms. The third kappa shape index (κ3) is 34.1. The summed E-state index contributed by atoms with van der Waals surface area (Å²) in [6.45, 7) is 4.11. The summed E-state index contributed by atoms with van der Waals surface area (Å²) in [7, 11) is -5.04. The molecular formula is C53H93O12P. The molecule has 0 aliphatic heterocycles. The van der Waals surface area contributed by atoms with Crippen molar-refractivity contribution >= 4 is 13.8 Å². The van der Waals surface area contributed by atoms with Gasteiger partial charge in [0, 0.05) is 13.0 Å². The van der Waals surface area contributed by atoms with E-state index in [0.29, 0.717) is 13.0 Å². The molecule has 0 bridgehead atoms. The average molecular weight is 953 g/mol. The normalized spacial score (nSPS) is 22.0. The summed E-state index contributed by atoms with van der Waals surface area (Å²) in [5.41, 5.74) is 0. The van der Waals surface area contributed by atoms with Crippen molar-refractivity contribution in [1.82, 2.24) is 0 Å². The second-order valence-corrected chi connectivity index (χ2v) is 19.0. The standard InChI is InChI=1S/C53H93O12P/c1-3-5-7-9-11-13-15-17-19-21-23-25-27-29-31-33-35-37-39-41-43-62-44-46(45-63-66(60,61)65-53-51(58)49(56)48(55)50(57)52(53)59)64-47(54)42-40-38-36-34-32-30-28-26-24-22-20-18-16-14-12-10-8-6-4-2/h6,8,12,14,17-20,24,26,30,32,46,48-53,55-59H,3-5,7,9-11,13,15-16,21-23,25,27-29,31,33-45H2,1-2H3,(H,60,61)/b8-6-,14-12-,19-17-,20-18-,26-24-,32-30-. The second kappa shape index (κ2) is 42.8. The minimum Gasteiger partial charge on any atom is -0.457 e. The Balaban J connectivity index is 2.37. The zero-order valence-corrected chi connectivity index (χ0v) is 41.9. The first-order valence-electron chi connectivity index (χ1n) is 25.8. The Labute approximate surface area is 400 Å². The van der Waals surface area contributed by atoms with Gasteiger partial charge in [-0.05, 0) is 83.5 Å². The molecule has 1 aliphatic carbocycles. The Morgan fingerprint density at radius 3 is 1.38 bits per heavy atom. The lowest BCUT2D eigenvalue weighted by Crippen LogP contribution is -2.64. The summed E-state index contributed by atoms with van der Waals surface area (Å²) in [5.74, 6) is -0.509. The van der Waals surface area contributed by atoms with Crippen molar-refractivity contribution in [2.45, 2.75) is 236 Å². The van der Waals surface area contributed by atoms with Crippen LogP contribution in [-0.4, -0.2) is 98.9 Å². The van der Waals surface area contributed by atoms with Crippen LogP contribution in [0.25, 0.3) is 0 Å². The molecule has 0 heterocycles. The van der Waals surface area contributed by atoms with Crippen LogP contribution in [-0.2, 0) is 27.9 Å². The topological polar surface area (TPSA) is 192 Å². The monoisotopic (exact) mass is 953 g/mol. The highest BCUT2D eigenvalue weighted by atomic mass is 31.2. The fourth-order valence-corrected chi connectivity index (χ4v) is 8.47. The number of carbonyl (C=O) groups excluding carboxylic acids is 1. The van der Waals surface area contributed by atoms with Crippen molar-refractivity contribution < 1.29 is 58.3 Å². The molecule has 0 saturated heterocycles. The van der Waals surface area contributed by atoms with Gasteiger partial charge in [-0.25, -0.2) is 4.57 Å². The van der Waals surface area contributed by atoms with Crippen molar-refractivity contribution in [2.75, 3.05) is 19.8 Å². The van der Waals surface area contributed by atoms with Gasteiger partial charge in [-0.2, -0.15) is 0 Å². The molecule has 6 unspecified atom stereocenters. The van der Waals surface area contributed by atoms with E-state index in [2.05, 4.69) is 86.8 Å². The van der Waals surface area contributed by atoms with Gasteiger partial charge in [0.05, 0.1) is 13.2 Å². The molecule has 13 heteroatoms. The number of aliphatic hydroxyl groups is 5. The molecule has 0 spiro atoms. The number of carbonyl (C=O) groups is 1. The summed E-state index contributed by atoms with van der Waals surface area (Å²) in [6, 6.07) is 0. The molecule has 12 nitrogen and oxygen atoms in total. The van der Waals surface area contributed by atoms with Crippen molar-refractivity contribution in [3.63, 3.8) is 0 Å². The predicted molar refractivity (Wildman–Crippen MR) is 267 cm³/mol. The molecule has 1 aliphatic rings. The Morgan fingerprint density at radius 2 is 0.894 bits per heavy atom. The Bertz CT molecular complexity index is 1360. The molecule has 0 aromatic rings. The number of allylic oxidation sites excluding steroid dienone is 12. The maximum absolute atomic E-state index is 12.9. The largest absolute Gasteiger partial charge is 0.472 e. The van der Waals surface area contributed by atoms with E-state index in [0.717, 1.165) is 70.6 Å². The van der Waals surface area contributed by atoms with Crippen LogP contribution < -0.4 is 0 Å². The van der Waals surface area contributed by atoms with Crippen LogP contribution in [0, 0.1) is 0 Å². The molecule has 0 aromatic heterocycles. The van der Waals surface area contributed by atoms with Crippen LogP contribution in [0.5, 0.6) is 0 Å². The van der Waals surface area contributed by atoms with E-state index >= 15 is 0 Å². The molecule has 1 rings (SSSR count). The molecule has 1 saturated carbocycles. The number of phosphoric ester groups is 1. The molecule has 6 atom stereocenters. The number of hydrogen-bond acceptors (Lipinski definition) is 11. The van der Waals surface area contributed by atoms with Crippen LogP contribution in [0.2, 0.25) is 0 Å². The van der Waals surface area contributed by atoms with Gasteiger partial charge in [0.2, 0.25) is 0 Å². The first-order chi connectivity index (χ1) is 32.0. The molecule has 0 amide bonds. The Kier molecular flexibility index (Phi) is 40.1. The summed E-state index contributed by atoms with van der Waals surface area (Å²) < 4.78 is 34.3. The SMILES string of the molecule is CC/C=C\C/C=C\C/C=C\C/C=C\C/C=C\CCCCCC(=O)OC(COCCCCCCCCCCCC/C=C\CCCCCCCC)COP(=O)(O)OC1C(O)C(O)C(O)C(O)C1O. The molecule has 382 valence electrons. The molecule has 0 aromatic carbocycles. The maximum atomic E-state index is 12.9. The number of phosphoric acid groups is 1. The van der Waals surface area contributed by atoms with Gasteiger partial charge >= 0.3 is 13.8 Å². The summed E-state index contributed by atoms with van der Waals surface area (Å²) in [5, 5.41) is 50.3. The van der Waals surface area contributed by atoms with Gasteiger partial charge in [0.15, 0.2) is 0 Å². The lowest BCUT2D eigenvalue weighted by atomic mass is 9.85. The van der Waals surface area contributed by atoms with Crippen LogP contribution in [0.4, 0.5) is 0 Å². The number of aliphatic hydroxyl groups excluding tert-OH is 5. The van der Waals surface area contributed by atoms with Crippen molar-refractivity contribution in [3.05, 3.63) is 72.9 Å². The van der Waals surface area contributed by atoms with Gasteiger partial charge in [-0.1, -0.05) is 177 Å². The lowest BCUT2D eigenvalue weighted by Gasteiger charge is -2.41. The summed E-state index contributed by atoms with van der Waals surface area (Å²) >= 11 is 0. The number of unbranched alkanes of at least 4 members (excludes halogenated alkanes) is 19. The van der Waals surface area contributed by atoms with E-state index in [1.54, 1.807) is 0 Å². The molecule has 1 fully saturated rings. The molecule has 0 radical (unpaired) electrons. The number of ether oxygens (including phenoxy) is 2. The van der Waals surface area contributed by atoms with Gasteiger partial charge in [0.1, 0.15) is 42.7 Å². The highest BCUT2D eigenvalue weighted by molar-refractivity contribution is 7.47. The quantitative estimate of drug-likeness (QED) is 0.0147. The van der Waals surface area contributed by atoms with E-state index in [4.69, 9.17) is 18.5 Å². The van der Waals surface area contributed by atoms with Gasteiger partial charge in [-0.3, -0.25) is 13.8 Å². The fraction of sp³-hybridized carbons (Fsp3) is 0.755. The number of esters is 1. The van der Waals surface area contributed by atoms with Crippen molar-refractivity contribution in [3.8, 4) is 0 Å². The van der Waals surface area contributed by atoms with Crippen molar-refractivity contribution in [2.24, 2.45) is 0 Å². The van der Waals surface area contributed by atoms with Gasteiger partial charge < -0.3 is 39.9 Å². The van der Waals surface area contributed by atoms with E-state index < -0.39 is 63.1 Å². The summed E-state index contributed by atoms with van der Waals surface area (Å²) in [6.07, 6.45) is 43.9. The van der Waals surface area contributed by atoms with Crippen LogP contribution in [0.3, 0.4) is 0 Å². The zero-order valence-electron chi connectivity index (χ0n) is 41.0. The lowest BCUT2D eigenvalue weighted by molar-refractivity contribution is -0.220. The average Bonchev–Trinajstić information content (AvgIpc) is 3.30. The first kappa shape index (κ1) is 61.8. The summed E-state index contributed by atoms with van der Waals surface area (Å²) in [4.78, 5) is 23.2. The van der Waals surface area contributed by atoms with Crippen LogP contribution >= 0.6 is 7.82 Å². The van der Waals surface area contributed by atoms with E-state index in [9.17, 15) is 39.8 Å². The first-order valence-corrected chi connectivity index (χ1v) is 27.3. The second-order valence-electron chi connectivity index (χ2n) is 17.6. The number of hydrogen-bond donors (Lipinski definition) is 6. The van der Waals surface area contributed by atoms with Crippen LogP contribution in [0.15, 0.2) is 72.9 Å². The molecular weight excluding hydrogens is 860 g/mol. The maximum Gasteiger partial charge on any atom is 0.472 e. The highest BCUT2D eigenvalue weighted by Crippen LogP contribution is 2.47. The smallest absolute Gasteiger partial charge is 0.457 e. The van der Waals surface area contributed by atoms with Gasteiger partial charge in [0.25, 0.3) is 0 Å². The van der Waals surface area contributed by atoms with Crippen LogP contribution in [0.1, 0.15) is 194 Å². The number of rotatable bonds is 43. The third-order valence-corrected chi connectivity index (χ3v) is 12.5. The fourth-order valence-electron chi connectivity index (χ4n) is 7.49. The predicted octanol–water partition coefficient (Wildman–Crippen LogP) is 11.5. The Hall–Kier alpha value is -2.22. The van der Waals surface area contributed by atoms with Crippen molar-refractivity contribution in [1.29, 1.82) is 0 Å². The van der Waals surface area contributed by atoms with E-state index in [-0.39, 0.29) is 13.0 Å². The van der Waals surface area contributed by atoms with E-state index in [1.165, 1.54) is 96.3 Å². The molecule has 6 N–H and O–H groups in total. The Morgan fingerprint density at radius 1 is 0.500 bits per heavy atom. The zero-order chi connectivity index (χ0) is 48.4.